The van der Waals surface area contributed by atoms with Gasteiger partial charge in [0.15, 0.2) is 0 Å². The van der Waals surface area contributed by atoms with Gasteiger partial charge in [-0.25, -0.2) is 0 Å². The molecular weight excluding hydrogens is 216 g/mol. The van der Waals surface area contributed by atoms with Gasteiger partial charge in [-0.1, -0.05) is 30.3 Å². The van der Waals surface area contributed by atoms with Crippen molar-refractivity contribution < 1.29 is 4.74 Å². The summed E-state index contributed by atoms with van der Waals surface area (Å²) < 4.78 is 5.46. The van der Waals surface area contributed by atoms with Crippen molar-refractivity contribution in [2.75, 3.05) is 18.1 Å². The van der Waals surface area contributed by atoms with Gasteiger partial charge in [0, 0.05) is 12.5 Å². The minimum atomic E-state index is 0.125. The van der Waals surface area contributed by atoms with Gasteiger partial charge >= 0.3 is 0 Å². The Morgan fingerprint density at radius 1 is 1.06 bits per heavy atom. The Labute approximate surface area is 99.5 Å². The van der Waals surface area contributed by atoms with E-state index in [4.69, 9.17) is 16.2 Å². The van der Waals surface area contributed by atoms with Gasteiger partial charge < -0.3 is 16.2 Å². The van der Waals surface area contributed by atoms with Gasteiger partial charge in [-0.2, -0.15) is 9.97 Å². The van der Waals surface area contributed by atoms with E-state index in [1.54, 1.807) is 6.07 Å². The van der Waals surface area contributed by atoms with Crippen molar-refractivity contribution in [2.24, 2.45) is 0 Å². The molecule has 0 fully saturated rings. The second-order valence-corrected chi connectivity index (χ2v) is 3.57. The molecule has 0 aliphatic rings. The Kier molecular flexibility index (Phi) is 3.40. The van der Waals surface area contributed by atoms with E-state index in [1.807, 2.05) is 30.3 Å². The standard InChI is InChI=1S/C12H14N4O/c13-10-8-11(16-12(14)15-10)17-7-6-9-4-2-1-3-5-9/h1-5,8H,6-7H2,(H4,13,14,15,16). The zero-order chi connectivity index (χ0) is 12.1. The highest BCUT2D eigenvalue weighted by Gasteiger charge is 2.00. The van der Waals surface area contributed by atoms with Crippen molar-refractivity contribution in [1.29, 1.82) is 0 Å². The van der Waals surface area contributed by atoms with Gasteiger partial charge in [0.25, 0.3) is 0 Å². The highest BCUT2D eigenvalue weighted by molar-refractivity contribution is 5.38. The Bertz CT molecular complexity index is 467. The molecule has 0 atom stereocenters. The van der Waals surface area contributed by atoms with E-state index in [9.17, 15) is 0 Å². The fraction of sp³-hybridized carbons (Fsp3) is 0.167. The number of nitrogens with two attached hydrogens (primary N) is 2. The summed E-state index contributed by atoms with van der Waals surface area (Å²) in [6.45, 7) is 0.528. The van der Waals surface area contributed by atoms with Crippen LogP contribution in [0.1, 0.15) is 5.56 Å². The lowest BCUT2D eigenvalue weighted by molar-refractivity contribution is 0.310. The molecule has 0 bridgehead atoms. The van der Waals surface area contributed by atoms with Crippen LogP contribution in [-0.2, 0) is 6.42 Å². The number of aromatic nitrogens is 2. The third-order valence-corrected chi connectivity index (χ3v) is 2.22. The molecule has 5 nitrogen and oxygen atoms in total. The molecular formula is C12H14N4O. The van der Waals surface area contributed by atoms with E-state index in [0.29, 0.717) is 18.3 Å². The number of nitrogen functional groups attached to an aromatic ring is 2. The normalized spacial score (nSPS) is 10.1. The average Bonchev–Trinajstić information content (AvgIpc) is 2.29. The topological polar surface area (TPSA) is 87.0 Å². The summed E-state index contributed by atoms with van der Waals surface area (Å²) in [5.41, 5.74) is 12.2. The summed E-state index contributed by atoms with van der Waals surface area (Å²) in [5, 5.41) is 0. The third-order valence-electron chi connectivity index (χ3n) is 2.22. The maximum absolute atomic E-state index is 5.53. The number of anilines is 2. The van der Waals surface area contributed by atoms with Crippen molar-refractivity contribution in [2.45, 2.75) is 6.42 Å². The third kappa shape index (κ3) is 3.34. The van der Waals surface area contributed by atoms with Crippen LogP contribution in [0, 0.1) is 0 Å². The molecule has 5 heteroatoms. The molecule has 0 spiro atoms. The highest BCUT2D eigenvalue weighted by Crippen LogP contribution is 2.12. The summed E-state index contributed by atoms with van der Waals surface area (Å²) in [7, 11) is 0. The molecule has 1 aromatic carbocycles. The lowest BCUT2D eigenvalue weighted by Crippen LogP contribution is -2.06. The lowest BCUT2D eigenvalue weighted by Gasteiger charge is -2.06. The number of rotatable bonds is 4. The molecule has 2 rings (SSSR count). The van der Waals surface area contributed by atoms with E-state index in [1.165, 1.54) is 5.56 Å². The van der Waals surface area contributed by atoms with Crippen LogP contribution in [0.15, 0.2) is 36.4 Å². The average molecular weight is 230 g/mol. The quantitative estimate of drug-likeness (QED) is 0.825. The van der Waals surface area contributed by atoms with E-state index in [2.05, 4.69) is 9.97 Å². The zero-order valence-electron chi connectivity index (χ0n) is 9.34. The number of benzene rings is 1. The minimum absolute atomic E-state index is 0.125. The van der Waals surface area contributed by atoms with Crippen molar-refractivity contribution in [3.63, 3.8) is 0 Å². The maximum atomic E-state index is 5.53. The van der Waals surface area contributed by atoms with Crippen LogP contribution >= 0.6 is 0 Å². The van der Waals surface area contributed by atoms with Crippen LogP contribution in [0.2, 0.25) is 0 Å². The van der Waals surface area contributed by atoms with Crippen LogP contribution in [-0.4, -0.2) is 16.6 Å². The summed E-state index contributed by atoms with van der Waals surface area (Å²) in [6, 6.07) is 11.6. The fourth-order valence-corrected chi connectivity index (χ4v) is 1.45. The van der Waals surface area contributed by atoms with Crippen molar-refractivity contribution >= 4 is 11.8 Å². The summed E-state index contributed by atoms with van der Waals surface area (Å²) in [6.07, 6.45) is 0.810. The maximum Gasteiger partial charge on any atom is 0.225 e. The van der Waals surface area contributed by atoms with Gasteiger partial charge in [0.2, 0.25) is 11.8 Å². The van der Waals surface area contributed by atoms with E-state index < -0.39 is 0 Å². The molecule has 0 aliphatic carbocycles. The second kappa shape index (κ2) is 5.16. The zero-order valence-corrected chi connectivity index (χ0v) is 9.34. The molecule has 0 saturated carbocycles. The van der Waals surface area contributed by atoms with Crippen LogP contribution in [0.3, 0.4) is 0 Å². The molecule has 0 unspecified atom stereocenters. The molecule has 0 radical (unpaired) electrons. The van der Waals surface area contributed by atoms with E-state index in [-0.39, 0.29) is 5.95 Å². The molecule has 88 valence electrons. The molecule has 2 aromatic rings. The van der Waals surface area contributed by atoms with E-state index in [0.717, 1.165) is 6.42 Å². The number of ether oxygens (including phenoxy) is 1. The number of hydrogen-bond donors (Lipinski definition) is 2. The summed E-state index contributed by atoms with van der Waals surface area (Å²) in [5.74, 6) is 0.845. The Morgan fingerprint density at radius 2 is 1.82 bits per heavy atom. The summed E-state index contributed by atoms with van der Waals surface area (Å²) >= 11 is 0. The molecule has 1 heterocycles. The van der Waals surface area contributed by atoms with Gasteiger partial charge in [0.1, 0.15) is 5.82 Å². The monoisotopic (exact) mass is 230 g/mol. The number of nitrogens with zero attached hydrogens (tertiary/aromatic N) is 2. The van der Waals surface area contributed by atoms with Crippen molar-refractivity contribution in [3.8, 4) is 5.88 Å². The number of hydrogen-bond acceptors (Lipinski definition) is 5. The SMILES string of the molecule is Nc1cc(OCCc2ccccc2)nc(N)n1. The highest BCUT2D eigenvalue weighted by atomic mass is 16.5. The Hall–Kier alpha value is -2.30. The first-order chi connectivity index (χ1) is 8.24. The van der Waals surface area contributed by atoms with Crippen molar-refractivity contribution in [3.05, 3.63) is 42.0 Å². The van der Waals surface area contributed by atoms with Crippen LogP contribution in [0.5, 0.6) is 5.88 Å². The second-order valence-electron chi connectivity index (χ2n) is 3.57. The molecule has 0 saturated heterocycles. The molecule has 0 aliphatic heterocycles. The Morgan fingerprint density at radius 3 is 2.53 bits per heavy atom. The first-order valence-corrected chi connectivity index (χ1v) is 5.31. The molecule has 1 aromatic heterocycles. The van der Waals surface area contributed by atoms with Gasteiger partial charge in [0.05, 0.1) is 6.61 Å². The lowest BCUT2D eigenvalue weighted by atomic mass is 10.2. The summed E-state index contributed by atoms with van der Waals surface area (Å²) in [4.78, 5) is 7.69. The minimum Gasteiger partial charge on any atom is -0.477 e. The molecule has 17 heavy (non-hydrogen) atoms. The molecule has 4 N–H and O–H groups in total. The van der Waals surface area contributed by atoms with Crippen LogP contribution in [0.4, 0.5) is 11.8 Å². The Balaban J connectivity index is 1.90. The predicted molar refractivity (Wildman–Crippen MR) is 66.5 cm³/mol. The fourth-order valence-electron chi connectivity index (χ4n) is 1.45. The van der Waals surface area contributed by atoms with Crippen LogP contribution < -0.4 is 16.2 Å². The molecule has 0 amide bonds. The first kappa shape index (κ1) is 11.2. The van der Waals surface area contributed by atoms with Gasteiger partial charge in [-0.15, -0.1) is 0 Å². The van der Waals surface area contributed by atoms with Gasteiger partial charge in [-0.3, -0.25) is 0 Å². The first-order valence-electron chi connectivity index (χ1n) is 5.31. The predicted octanol–water partition coefficient (Wildman–Crippen LogP) is 1.26. The smallest absolute Gasteiger partial charge is 0.225 e. The van der Waals surface area contributed by atoms with Gasteiger partial charge in [-0.05, 0) is 5.56 Å². The van der Waals surface area contributed by atoms with E-state index >= 15 is 0 Å². The van der Waals surface area contributed by atoms with Crippen LogP contribution in [0.25, 0.3) is 0 Å². The van der Waals surface area contributed by atoms with Crippen molar-refractivity contribution in [1.82, 2.24) is 9.97 Å². The largest absolute Gasteiger partial charge is 0.477 e.